The smallest absolute Gasteiger partial charge is 0.277 e. The average molecular weight is 339 g/mol. The summed E-state index contributed by atoms with van der Waals surface area (Å²) < 4.78 is 5.62. The van der Waals surface area contributed by atoms with Crippen molar-refractivity contribution in [3.63, 3.8) is 0 Å². The van der Waals surface area contributed by atoms with Gasteiger partial charge in [-0.05, 0) is 43.7 Å². The van der Waals surface area contributed by atoms with E-state index >= 15 is 0 Å². The van der Waals surface area contributed by atoms with E-state index in [0.717, 1.165) is 16.8 Å². The largest absolute Gasteiger partial charge is 0.411 e. The van der Waals surface area contributed by atoms with Crippen LogP contribution >= 0.6 is 11.8 Å². The van der Waals surface area contributed by atoms with Crippen LogP contribution in [0.4, 0.5) is 5.69 Å². The molecule has 1 atom stereocenters. The first-order chi connectivity index (χ1) is 11.6. The van der Waals surface area contributed by atoms with Crippen LogP contribution in [0.1, 0.15) is 12.5 Å². The number of nitrogens with zero attached hydrogens (tertiary/aromatic N) is 2. The van der Waals surface area contributed by atoms with Gasteiger partial charge in [0.1, 0.15) is 0 Å². The first-order valence-electron chi connectivity index (χ1n) is 7.55. The monoisotopic (exact) mass is 339 g/mol. The van der Waals surface area contributed by atoms with Crippen molar-refractivity contribution in [2.75, 3.05) is 5.32 Å². The molecular weight excluding hydrogens is 322 g/mol. The SMILES string of the molecule is Cc1cccc(NC(=O)[C@H](C)Sc2nnc(-c3ccccc3)o2)c1. The third-order valence-electron chi connectivity index (χ3n) is 3.36. The number of carbonyl (C=O) groups is 1. The molecule has 3 aromatic rings. The summed E-state index contributed by atoms with van der Waals surface area (Å²) in [5.41, 5.74) is 2.73. The molecule has 0 radical (unpaired) electrons. The van der Waals surface area contributed by atoms with Crippen molar-refractivity contribution in [2.24, 2.45) is 0 Å². The molecule has 0 aliphatic carbocycles. The number of carbonyl (C=O) groups excluding carboxylic acids is 1. The molecule has 3 rings (SSSR count). The van der Waals surface area contributed by atoms with Crippen LogP contribution in [-0.2, 0) is 4.79 Å². The van der Waals surface area contributed by atoms with E-state index < -0.39 is 0 Å². The van der Waals surface area contributed by atoms with E-state index in [9.17, 15) is 4.79 Å². The maximum atomic E-state index is 12.3. The molecule has 1 aromatic heterocycles. The van der Waals surface area contributed by atoms with Crippen LogP contribution in [0.3, 0.4) is 0 Å². The normalized spacial score (nSPS) is 11.9. The van der Waals surface area contributed by atoms with Crippen molar-refractivity contribution in [3.05, 3.63) is 60.2 Å². The molecule has 1 amide bonds. The molecule has 0 bridgehead atoms. The molecule has 0 unspecified atom stereocenters. The van der Waals surface area contributed by atoms with E-state index in [2.05, 4.69) is 15.5 Å². The summed E-state index contributed by atoms with van der Waals surface area (Å²) in [4.78, 5) is 12.3. The van der Waals surface area contributed by atoms with E-state index in [-0.39, 0.29) is 11.2 Å². The maximum absolute atomic E-state index is 12.3. The Bertz CT molecular complexity index is 833. The van der Waals surface area contributed by atoms with Crippen molar-refractivity contribution in [1.29, 1.82) is 0 Å². The van der Waals surface area contributed by atoms with Gasteiger partial charge in [0, 0.05) is 11.3 Å². The quantitative estimate of drug-likeness (QED) is 0.707. The number of rotatable bonds is 5. The van der Waals surface area contributed by atoms with Gasteiger partial charge in [0.15, 0.2) is 0 Å². The number of anilines is 1. The summed E-state index contributed by atoms with van der Waals surface area (Å²) in [5, 5.41) is 10.9. The van der Waals surface area contributed by atoms with E-state index in [1.807, 2.05) is 68.4 Å². The Morgan fingerprint density at radius 3 is 2.67 bits per heavy atom. The highest BCUT2D eigenvalue weighted by atomic mass is 32.2. The molecule has 0 aliphatic rings. The van der Waals surface area contributed by atoms with Crippen molar-refractivity contribution in [3.8, 4) is 11.5 Å². The van der Waals surface area contributed by atoms with Crippen LogP contribution < -0.4 is 5.32 Å². The molecule has 0 spiro atoms. The predicted octanol–water partition coefficient (Wildman–Crippen LogP) is 4.16. The van der Waals surface area contributed by atoms with Crippen LogP contribution in [0.2, 0.25) is 0 Å². The molecule has 2 aromatic carbocycles. The first-order valence-corrected chi connectivity index (χ1v) is 8.43. The predicted molar refractivity (Wildman–Crippen MR) is 94.9 cm³/mol. The van der Waals surface area contributed by atoms with Gasteiger partial charge in [-0.25, -0.2) is 0 Å². The number of hydrogen-bond acceptors (Lipinski definition) is 5. The molecule has 1 N–H and O–H groups in total. The number of amides is 1. The minimum atomic E-state index is -0.352. The van der Waals surface area contributed by atoms with Gasteiger partial charge in [-0.15, -0.1) is 10.2 Å². The van der Waals surface area contributed by atoms with Gasteiger partial charge in [0.2, 0.25) is 11.8 Å². The Morgan fingerprint density at radius 1 is 1.12 bits per heavy atom. The second kappa shape index (κ2) is 7.31. The topological polar surface area (TPSA) is 68.0 Å². The van der Waals surface area contributed by atoms with Crippen LogP contribution in [0, 0.1) is 6.92 Å². The molecule has 122 valence electrons. The molecule has 5 nitrogen and oxygen atoms in total. The van der Waals surface area contributed by atoms with Gasteiger partial charge in [-0.1, -0.05) is 42.1 Å². The Labute approximate surface area is 144 Å². The Morgan fingerprint density at radius 2 is 1.92 bits per heavy atom. The highest BCUT2D eigenvalue weighted by molar-refractivity contribution is 8.00. The summed E-state index contributed by atoms with van der Waals surface area (Å²) in [6.07, 6.45) is 0. The summed E-state index contributed by atoms with van der Waals surface area (Å²) in [6.45, 7) is 3.79. The molecule has 0 aliphatic heterocycles. The fourth-order valence-electron chi connectivity index (χ4n) is 2.13. The van der Waals surface area contributed by atoms with Crippen LogP contribution in [-0.4, -0.2) is 21.4 Å². The molecule has 6 heteroatoms. The minimum absolute atomic E-state index is 0.106. The molecule has 0 saturated heterocycles. The van der Waals surface area contributed by atoms with Gasteiger partial charge in [0.25, 0.3) is 5.22 Å². The van der Waals surface area contributed by atoms with E-state index in [4.69, 9.17) is 4.42 Å². The second-order valence-electron chi connectivity index (χ2n) is 5.36. The van der Waals surface area contributed by atoms with Crippen LogP contribution in [0.25, 0.3) is 11.5 Å². The number of nitrogens with one attached hydrogen (secondary N) is 1. The van der Waals surface area contributed by atoms with E-state index in [0.29, 0.717) is 11.1 Å². The lowest BCUT2D eigenvalue weighted by Gasteiger charge is -2.10. The molecule has 0 saturated carbocycles. The lowest BCUT2D eigenvalue weighted by Crippen LogP contribution is -2.22. The van der Waals surface area contributed by atoms with Crippen LogP contribution in [0.15, 0.2) is 64.2 Å². The van der Waals surface area contributed by atoms with Gasteiger partial charge in [-0.3, -0.25) is 4.79 Å². The zero-order valence-corrected chi connectivity index (χ0v) is 14.2. The molecule has 24 heavy (non-hydrogen) atoms. The fourth-order valence-corrected chi connectivity index (χ4v) is 2.81. The lowest BCUT2D eigenvalue weighted by molar-refractivity contribution is -0.115. The molecule has 0 fully saturated rings. The Kier molecular flexibility index (Phi) is 4.96. The number of benzene rings is 2. The average Bonchev–Trinajstić information content (AvgIpc) is 3.04. The standard InChI is InChI=1S/C18H17N3O2S/c1-12-7-6-10-15(11-12)19-16(22)13(2)24-18-21-20-17(23-18)14-8-4-3-5-9-14/h3-11,13H,1-2H3,(H,19,22)/t13-/m0/s1. The minimum Gasteiger partial charge on any atom is -0.411 e. The van der Waals surface area contributed by atoms with Crippen molar-refractivity contribution >= 4 is 23.4 Å². The summed E-state index contributed by atoms with van der Waals surface area (Å²) >= 11 is 1.24. The van der Waals surface area contributed by atoms with Gasteiger partial charge in [0.05, 0.1) is 5.25 Å². The zero-order chi connectivity index (χ0) is 16.9. The van der Waals surface area contributed by atoms with Gasteiger partial charge >= 0.3 is 0 Å². The van der Waals surface area contributed by atoms with E-state index in [1.54, 1.807) is 0 Å². The number of aryl methyl sites for hydroxylation is 1. The first kappa shape index (κ1) is 16.3. The number of hydrogen-bond donors (Lipinski definition) is 1. The van der Waals surface area contributed by atoms with Gasteiger partial charge in [-0.2, -0.15) is 0 Å². The lowest BCUT2D eigenvalue weighted by atomic mass is 10.2. The van der Waals surface area contributed by atoms with Crippen LogP contribution in [0.5, 0.6) is 0 Å². The summed E-state index contributed by atoms with van der Waals surface area (Å²) in [6, 6.07) is 17.2. The molecule has 1 heterocycles. The van der Waals surface area contributed by atoms with E-state index in [1.165, 1.54) is 11.8 Å². The van der Waals surface area contributed by atoms with Crippen molar-refractivity contribution < 1.29 is 9.21 Å². The highest BCUT2D eigenvalue weighted by Crippen LogP contribution is 2.26. The fraction of sp³-hybridized carbons (Fsp3) is 0.167. The maximum Gasteiger partial charge on any atom is 0.277 e. The number of aromatic nitrogens is 2. The highest BCUT2D eigenvalue weighted by Gasteiger charge is 2.19. The molecular formula is C18H17N3O2S. The van der Waals surface area contributed by atoms with Crippen molar-refractivity contribution in [1.82, 2.24) is 10.2 Å². The summed E-state index contributed by atoms with van der Waals surface area (Å²) in [5.74, 6) is 0.342. The third kappa shape index (κ3) is 4.02. The Hall–Kier alpha value is -2.60. The number of thioether (sulfide) groups is 1. The summed E-state index contributed by atoms with van der Waals surface area (Å²) in [7, 11) is 0. The van der Waals surface area contributed by atoms with Gasteiger partial charge < -0.3 is 9.73 Å². The van der Waals surface area contributed by atoms with Crippen molar-refractivity contribution in [2.45, 2.75) is 24.3 Å². The zero-order valence-electron chi connectivity index (χ0n) is 13.4. The second-order valence-corrected chi connectivity index (χ2v) is 6.65. The Balaban J connectivity index is 1.63. The third-order valence-corrected chi connectivity index (χ3v) is 4.29.